The maximum absolute atomic E-state index is 9.51. The predicted octanol–water partition coefficient (Wildman–Crippen LogP) is 2.90. The summed E-state index contributed by atoms with van der Waals surface area (Å²) in [6, 6.07) is 0. The van der Waals surface area contributed by atoms with E-state index in [4.69, 9.17) is 0 Å². The van der Waals surface area contributed by atoms with Gasteiger partial charge in [0.2, 0.25) is 0 Å². The molecule has 0 radical (unpaired) electrons. The average molecular weight is 228 g/mol. The average Bonchev–Trinajstić information content (AvgIpc) is 2.63. The summed E-state index contributed by atoms with van der Waals surface area (Å²) in [6.07, 6.45) is 0. The summed E-state index contributed by atoms with van der Waals surface area (Å²) in [4.78, 5) is 1.40. The molecule has 0 aliphatic rings. The Morgan fingerprint density at radius 1 is 0.929 bits per heavy atom. The van der Waals surface area contributed by atoms with Gasteiger partial charge in [-0.1, -0.05) is 0 Å². The lowest BCUT2D eigenvalue weighted by molar-refractivity contribution is 0.409. The fourth-order valence-corrected chi connectivity index (χ4v) is 3.13. The minimum absolute atomic E-state index is 0.111. The summed E-state index contributed by atoms with van der Waals surface area (Å²) in [5.41, 5.74) is 0.729. The summed E-state index contributed by atoms with van der Waals surface area (Å²) in [5, 5.41) is 31.2. The molecule has 2 aromatic rings. The Kier molecular flexibility index (Phi) is 2.13. The molecule has 3 N–H and O–H groups in total. The van der Waals surface area contributed by atoms with Crippen molar-refractivity contribution in [3.8, 4) is 27.0 Å². The molecule has 0 saturated heterocycles. The van der Waals surface area contributed by atoms with Crippen molar-refractivity contribution in [1.82, 2.24) is 0 Å². The van der Waals surface area contributed by atoms with E-state index in [9.17, 15) is 15.3 Å². The molecule has 5 heteroatoms. The van der Waals surface area contributed by atoms with Crippen molar-refractivity contribution in [2.24, 2.45) is 0 Å². The second kappa shape index (κ2) is 3.18. The van der Waals surface area contributed by atoms with Crippen molar-refractivity contribution in [1.29, 1.82) is 0 Å². The molecule has 0 amide bonds. The zero-order chi connectivity index (χ0) is 10.3. The van der Waals surface area contributed by atoms with Gasteiger partial charge in [0.15, 0.2) is 11.5 Å². The summed E-state index contributed by atoms with van der Waals surface area (Å²) in [5.74, 6) is -0.00507. The molecule has 0 aliphatic carbocycles. The monoisotopic (exact) mass is 228 g/mol. The van der Waals surface area contributed by atoms with E-state index in [-0.39, 0.29) is 17.2 Å². The third-order valence-electron chi connectivity index (χ3n) is 1.97. The van der Waals surface area contributed by atoms with Crippen LogP contribution in [0.4, 0.5) is 0 Å². The SMILES string of the molecule is Cc1c(O)csc1-c1scc(O)c1O. The normalized spacial score (nSPS) is 10.6. The van der Waals surface area contributed by atoms with Gasteiger partial charge < -0.3 is 15.3 Å². The lowest BCUT2D eigenvalue weighted by Gasteiger charge is -1.96. The number of rotatable bonds is 1. The zero-order valence-electron chi connectivity index (χ0n) is 7.31. The van der Waals surface area contributed by atoms with E-state index in [0.29, 0.717) is 4.88 Å². The topological polar surface area (TPSA) is 60.7 Å². The highest BCUT2D eigenvalue weighted by Crippen LogP contribution is 2.47. The van der Waals surface area contributed by atoms with E-state index in [1.54, 1.807) is 12.3 Å². The van der Waals surface area contributed by atoms with Crippen molar-refractivity contribution in [2.75, 3.05) is 0 Å². The smallest absolute Gasteiger partial charge is 0.177 e. The van der Waals surface area contributed by atoms with Crippen LogP contribution < -0.4 is 0 Å². The third kappa shape index (κ3) is 1.25. The fourth-order valence-electron chi connectivity index (χ4n) is 1.14. The zero-order valence-corrected chi connectivity index (χ0v) is 8.95. The van der Waals surface area contributed by atoms with Gasteiger partial charge in [-0.15, -0.1) is 22.7 Å². The number of thiophene rings is 2. The van der Waals surface area contributed by atoms with Crippen molar-refractivity contribution < 1.29 is 15.3 Å². The summed E-state index contributed by atoms with van der Waals surface area (Å²) in [7, 11) is 0. The minimum Gasteiger partial charge on any atom is -0.507 e. The molecular formula is C9H8O3S2. The maximum Gasteiger partial charge on any atom is 0.177 e. The van der Waals surface area contributed by atoms with Gasteiger partial charge >= 0.3 is 0 Å². The Morgan fingerprint density at radius 2 is 1.50 bits per heavy atom. The van der Waals surface area contributed by atoms with E-state index in [1.807, 2.05) is 0 Å². The van der Waals surface area contributed by atoms with E-state index in [2.05, 4.69) is 0 Å². The van der Waals surface area contributed by atoms with Gasteiger partial charge in [-0.3, -0.25) is 0 Å². The molecule has 2 aromatic heterocycles. The minimum atomic E-state index is -0.114. The highest BCUT2D eigenvalue weighted by atomic mass is 32.1. The molecule has 3 nitrogen and oxygen atoms in total. The molecule has 14 heavy (non-hydrogen) atoms. The van der Waals surface area contributed by atoms with Crippen LogP contribution in [0.5, 0.6) is 17.2 Å². The molecule has 0 aromatic carbocycles. The Hall–Kier alpha value is -1.20. The van der Waals surface area contributed by atoms with Gasteiger partial charge in [-0.05, 0) is 6.92 Å². The van der Waals surface area contributed by atoms with Gasteiger partial charge in [0.25, 0.3) is 0 Å². The van der Waals surface area contributed by atoms with Crippen LogP contribution in [-0.4, -0.2) is 15.3 Å². The molecule has 74 valence electrons. The number of hydrogen-bond donors (Lipinski definition) is 3. The molecular weight excluding hydrogens is 220 g/mol. The van der Waals surface area contributed by atoms with Gasteiger partial charge in [-0.25, -0.2) is 0 Å². The molecule has 0 bridgehead atoms. The molecule has 0 fully saturated rings. The van der Waals surface area contributed by atoms with Gasteiger partial charge in [-0.2, -0.15) is 0 Å². The van der Waals surface area contributed by atoms with E-state index in [0.717, 1.165) is 10.4 Å². The fraction of sp³-hybridized carbons (Fsp3) is 0.111. The van der Waals surface area contributed by atoms with Crippen molar-refractivity contribution in [2.45, 2.75) is 6.92 Å². The Labute approximate surface area is 88.5 Å². The number of aromatic hydroxyl groups is 3. The van der Waals surface area contributed by atoms with Crippen LogP contribution >= 0.6 is 22.7 Å². The predicted molar refractivity (Wildman–Crippen MR) is 57.4 cm³/mol. The highest BCUT2D eigenvalue weighted by molar-refractivity contribution is 7.21. The van der Waals surface area contributed by atoms with Crippen LogP contribution in [0.25, 0.3) is 9.75 Å². The van der Waals surface area contributed by atoms with E-state index < -0.39 is 0 Å². The lowest BCUT2D eigenvalue weighted by Crippen LogP contribution is -1.71. The van der Waals surface area contributed by atoms with Gasteiger partial charge in [0.05, 0.1) is 9.75 Å². The summed E-state index contributed by atoms with van der Waals surface area (Å²) >= 11 is 2.60. The van der Waals surface area contributed by atoms with Crippen LogP contribution in [0, 0.1) is 6.92 Å². The lowest BCUT2D eigenvalue weighted by atomic mass is 10.2. The largest absolute Gasteiger partial charge is 0.507 e. The molecule has 2 heterocycles. The van der Waals surface area contributed by atoms with E-state index >= 15 is 0 Å². The van der Waals surface area contributed by atoms with Crippen molar-refractivity contribution in [3.63, 3.8) is 0 Å². The second-order valence-electron chi connectivity index (χ2n) is 2.87. The van der Waals surface area contributed by atoms with Crippen LogP contribution in [0.15, 0.2) is 10.8 Å². The van der Waals surface area contributed by atoms with Gasteiger partial charge in [0, 0.05) is 16.3 Å². The molecule has 0 unspecified atom stereocenters. The summed E-state index contributed by atoms with van der Waals surface area (Å²) < 4.78 is 0. The molecule has 0 spiro atoms. The van der Waals surface area contributed by atoms with Crippen LogP contribution in [0.3, 0.4) is 0 Å². The van der Waals surface area contributed by atoms with Crippen LogP contribution in [-0.2, 0) is 0 Å². The van der Waals surface area contributed by atoms with Crippen molar-refractivity contribution in [3.05, 3.63) is 16.3 Å². The Morgan fingerprint density at radius 3 is 1.93 bits per heavy atom. The number of hydrogen-bond acceptors (Lipinski definition) is 5. The first-order valence-electron chi connectivity index (χ1n) is 3.88. The summed E-state index contributed by atoms with van der Waals surface area (Å²) in [6.45, 7) is 1.78. The standard InChI is InChI=1S/C9H8O3S2/c1-4-5(10)2-13-8(4)9-7(12)6(11)3-14-9/h2-3,10-12H,1H3. The molecule has 0 atom stereocenters. The Balaban J connectivity index is 2.60. The second-order valence-corrected chi connectivity index (χ2v) is 4.63. The first kappa shape index (κ1) is 9.36. The Bertz CT molecular complexity index is 426. The van der Waals surface area contributed by atoms with Crippen molar-refractivity contribution >= 4 is 22.7 Å². The van der Waals surface area contributed by atoms with Crippen LogP contribution in [0.2, 0.25) is 0 Å². The van der Waals surface area contributed by atoms with Crippen LogP contribution in [0.1, 0.15) is 5.56 Å². The first-order valence-corrected chi connectivity index (χ1v) is 5.64. The molecule has 2 rings (SSSR count). The maximum atomic E-state index is 9.51. The quantitative estimate of drug-likeness (QED) is 0.703. The molecule has 0 aliphatic heterocycles. The molecule has 0 saturated carbocycles. The first-order chi connectivity index (χ1) is 6.61. The van der Waals surface area contributed by atoms with Gasteiger partial charge in [0.1, 0.15) is 5.75 Å². The van der Waals surface area contributed by atoms with E-state index in [1.165, 1.54) is 28.1 Å². The third-order valence-corrected chi connectivity index (χ3v) is 4.16. The highest BCUT2D eigenvalue weighted by Gasteiger charge is 2.16.